The van der Waals surface area contributed by atoms with Crippen LogP contribution >= 0.6 is 24.0 Å². The molecule has 1 saturated heterocycles. The van der Waals surface area contributed by atoms with Crippen LogP contribution in [-0.2, 0) is 21.0 Å². The average Bonchev–Trinajstić information content (AvgIpc) is 2.65. The second kappa shape index (κ2) is 12.4. The van der Waals surface area contributed by atoms with E-state index in [1.165, 1.54) is 6.26 Å². The van der Waals surface area contributed by atoms with Crippen molar-refractivity contribution in [2.75, 3.05) is 39.0 Å². The highest BCUT2D eigenvalue weighted by molar-refractivity contribution is 14.0. The van der Waals surface area contributed by atoms with E-state index in [4.69, 9.17) is 9.73 Å². The van der Waals surface area contributed by atoms with E-state index >= 15 is 0 Å². The Morgan fingerprint density at radius 2 is 1.74 bits per heavy atom. The van der Waals surface area contributed by atoms with Crippen molar-refractivity contribution in [1.29, 1.82) is 0 Å². The molecule has 0 aliphatic carbocycles. The van der Waals surface area contributed by atoms with Crippen LogP contribution < -0.4 is 10.6 Å². The summed E-state index contributed by atoms with van der Waals surface area (Å²) in [5.41, 5.74) is 1.03. The van der Waals surface area contributed by atoms with E-state index in [1.54, 1.807) is 12.1 Å². The van der Waals surface area contributed by atoms with E-state index in [1.807, 2.05) is 12.1 Å². The molecule has 2 unspecified atom stereocenters. The van der Waals surface area contributed by atoms with Crippen LogP contribution in [0, 0.1) is 0 Å². The third-order valence-corrected chi connectivity index (χ3v) is 6.43. The van der Waals surface area contributed by atoms with E-state index in [0.717, 1.165) is 44.1 Å². The summed E-state index contributed by atoms with van der Waals surface area (Å²) in [5, 5.41) is 6.69. The molecule has 2 rings (SSSR count). The minimum atomic E-state index is -3.16. The summed E-state index contributed by atoms with van der Waals surface area (Å²) in [6.07, 6.45) is 2.48. The molecule has 9 heteroatoms. The summed E-state index contributed by atoms with van der Waals surface area (Å²) in [6, 6.07) is 7.06. The Morgan fingerprint density at radius 1 is 1.16 bits per heavy atom. The maximum atomic E-state index is 11.6. The van der Waals surface area contributed by atoms with Crippen LogP contribution in [0.3, 0.4) is 0 Å². The van der Waals surface area contributed by atoms with Crippen molar-refractivity contribution in [3.8, 4) is 0 Å². The van der Waals surface area contributed by atoms with E-state index in [-0.39, 0.29) is 41.7 Å². The van der Waals surface area contributed by atoms with Crippen molar-refractivity contribution in [2.45, 2.75) is 63.7 Å². The van der Waals surface area contributed by atoms with Gasteiger partial charge >= 0.3 is 0 Å². The van der Waals surface area contributed by atoms with Gasteiger partial charge in [0, 0.05) is 38.0 Å². The molecule has 1 aromatic carbocycles. The molecular weight excluding hydrogens is 527 g/mol. The van der Waals surface area contributed by atoms with Gasteiger partial charge in [-0.1, -0.05) is 12.1 Å². The minimum absolute atomic E-state index is 0. The van der Waals surface area contributed by atoms with Crippen LogP contribution in [0.15, 0.2) is 34.2 Å². The number of nitrogens with zero attached hydrogens (tertiary/aromatic N) is 2. The lowest BCUT2D eigenvalue weighted by molar-refractivity contribution is -0.0939. The zero-order valence-electron chi connectivity index (χ0n) is 19.6. The minimum Gasteiger partial charge on any atom is -0.373 e. The van der Waals surface area contributed by atoms with Gasteiger partial charge in [-0.15, -0.1) is 24.0 Å². The second-order valence-corrected chi connectivity index (χ2v) is 10.8. The Morgan fingerprint density at radius 3 is 2.26 bits per heavy atom. The Kier molecular flexibility index (Phi) is 11.2. The molecule has 0 amide bonds. The first-order chi connectivity index (χ1) is 14.0. The van der Waals surface area contributed by atoms with Gasteiger partial charge in [0.2, 0.25) is 0 Å². The Bertz CT molecular complexity index is 803. The fourth-order valence-corrected chi connectivity index (χ4v) is 4.25. The molecule has 1 aliphatic heterocycles. The number of rotatable bonds is 8. The predicted octanol–water partition coefficient (Wildman–Crippen LogP) is 2.69. The van der Waals surface area contributed by atoms with E-state index in [9.17, 15) is 8.42 Å². The number of halogens is 1. The van der Waals surface area contributed by atoms with Crippen molar-refractivity contribution in [2.24, 2.45) is 4.99 Å². The number of aliphatic imine (C=N–C) groups is 1. The largest absolute Gasteiger partial charge is 0.373 e. The first-order valence-electron chi connectivity index (χ1n) is 10.7. The summed E-state index contributed by atoms with van der Waals surface area (Å²) < 4.78 is 29.0. The van der Waals surface area contributed by atoms with Gasteiger partial charge in [0.1, 0.15) is 0 Å². The molecule has 0 saturated carbocycles. The molecule has 1 heterocycles. The molecule has 1 fully saturated rings. The highest BCUT2D eigenvalue weighted by atomic mass is 127. The number of nitrogens with one attached hydrogen (secondary N) is 2. The summed E-state index contributed by atoms with van der Waals surface area (Å²) in [7, 11) is -3.16. The third-order valence-electron chi connectivity index (χ3n) is 5.30. The topological polar surface area (TPSA) is 83.0 Å². The molecule has 178 valence electrons. The molecule has 2 atom stereocenters. The molecule has 0 aromatic heterocycles. The maximum absolute atomic E-state index is 11.6. The SMILES string of the molecule is CCNC(=NCC(C)(C)N1CC(C)OC(C)C1)NCCc1ccc(S(C)(=O)=O)cc1.I. The number of sulfone groups is 1. The summed E-state index contributed by atoms with van der Waals surface area (Å²) in [4.78, 5) is 7.63. The van der Waals surface area contributed by atoms with Gasteiger partial charge in [0.25, 0.3) is 0 Å². The molecule has 0 spiro atoms. The van der Waals surface area contributed by atoms with E-state index < -0.39 is 9.84 Å². The molecule has 31 heavy (non-hydrogen) atoms. The summed E-state index contributed by atoms with van der Waals surface area (Å²) >= 11 is 0. The van der Waals surface area contributed by atoms with Crippen LogP contribution in [0.2, 0.25) is 0 Å². The molecular formula is C22H39IN4O3S. The van der Waals surface area contributed by atoms with Gasteiger partial charge in [-0.3, -0.25) is 9.89 Å². The monoisotopic (exact) mass is 566 g/mol. The zero-order chi connectivity index (χ0) is 22.4. The lowest BCUT2D eigenvalue weighted by atomic mass is 10.0. The van der Waals surface area contributed by atoms with Crippen molar-refractivity contribution >= 4 is 39.8 Å². The first-order valence-corrected chi connectivity index (χ1v) is 12.6. The molecule has 1 aromatic rings. The fraction of sp³-hybridized carbons (Fsp3) is 0.682. The van der Waals surface area contributed by atoms with Gasteiger partial charge < -0.3 is 15.4 Å². The van der Waals surface area contributed by atoms with Gasteiger partial charge in [0.05, 0.1) is 23.6 Å². The lowest BCUT2D eigenvalue weighted by Gasteiger charge is -2.44. The van der Waals surface area contributed by atoms with Crippen molar-refractivity contribution in [3.05, 3.63) is 29.8 Å². The van der Waals surface area contributed by atoms with Crippen LogP contribution in [0.4, 0.5) is 0 Å². The third kappa shape index (κ3) is 9.23. The second-order valence-electron chi connectivity index (χ2n) is 8.76. The molecule has 0 bridgehead atoms. The van der Waals surface area contributed by atoms with Gasteiger partial charge in [-0.05, 0) is 58.7 Å². The van der Waals surface area contributed by atoms with Crippen molar-refractivity contribution in [3.63, 3.8) is 0 Å². The standard InChI is InChI=1S/C22H38N4O3S.HI/c1-7-23-21(24-13-12-19-8-10-20(11-9-19)30(6,27)28)25-16-22(4,5)26-14-17(2)29-18(3)15-26;/h8-11,17-18H,7,12-16H2,1-6H3,(H2,23,24,25);1H. The van der Waals surface area contributed by atoms with Gasteiger partial charge in [-0.25, -0.2) is 8.42 Å². The van der Waals surface area contributed by atoms with Crippen molar-refractivity contribution < 1.29 is 13.2 Å². The van der Waals surface area contributed by atoms with Crippen LogP contribution in [-0.4, -0.2) is 76.0 Å². The van der Waals surface area contributed by atoms with Gasteiger partial charge in [-0.2, -0.15) is 0 Å². The average molecular weight is 567 g/mol. The number of benzene rings is 1. The quantitative estimate of drug-likeness (QED) is 0.286. The number of ether oxygens (including phenoxy) is 1. The molecule has 1 aliphatic rings. The highest BCUT2D eigenvalue weighted by Gasteiger charge is 2.33. The fourth-order valence-electron chi connectivity index (χ4n) is 3.61. The number of hydrogen-bond donors (Lipinski definition) is 2. The molecule has 0 radical (unpaired) electrons. The van der Waals surface area contributed by atoms with E-state index in [0.29, 0.717) is 11.4 Å². The normalized spacial score (nSPS) is 20.8. The molecule has 7 nitrogen and oxygen atoms in total. The lowest BCUT2D eigenvalue weighted by Crippen LogP contribution is -2.56. The maximum Gasteiger partial charge on any atom is 0.191 e. The van der Waals surface area contributed by atoms with E-state index in [2.05, 4.69) is 50.2 Å². The first kappa shape index (κ1) is 28.1. The number of guanidine groups is 1. The Hall–Kier alpha value is -0.910. The van der Waals surface area contributed by atoms with Crippen LogP contribution in [0.1, 0.15) is 40.2 Å². The van der Waals surface area contributed by atoms with Crippen LogP contribution in [0.25, 0.3) is 0 Å². The van der Waals surface area contributed by atoms with Crippen molar-refractivity contribution in [1.82, 2.24) is 15.5 Å². The number of morpholine rings is 1. The smallest absolute Gasteiger partial charge is 0.191 e. The molecule has 2 N–H and O–H groups in total. The van der Waals surface area contributed by atoms with Gasteiger partial charge in [0.15, 0.2) is 15.8 Å². The number of hydrogen-bond acceptors (Lipinski definition) is 5. The Balaban J connectivity index is 0.00000480. The summed E-state index contributed by atoms with van der Waals surface area (Å²) in [5.74, 6) is 0.799. The predicted molar refractivity (Wildman–Crippen MR) is 138 cm³/mol. The highest BCUT2D eigenvalue weighted by Crippen LogP contribution is 2.21. The zero-order valence-corrected chi connectivity index (χ0v) is 22.8. The summed E-state index contributed by atoms with van der Waals surface area (Å²) in [6.45, 7) is 14.8. The Labute approximate surface area is 205 Å². The van der Waals surface area contributed by atoms with Crippen LogP contribution in [0.5, 0.6) is 0 Å².